The molecule has 19 heavy (non-hydrogen) atoms. The fraction of sp³-hybridized carbons (Fsp3) is 0.267. The van der Waals surface area contributed by atoms with Crippen molar-refractivity contribution in [3.63, 3.8) is 0 Å². The van der Waals surface area contributed by atoms with Crippen LogP contribution in [0.1, 0.15) is 29.8 Å². The fourth-order valence-corrected chi connectivity index (χ4v) is 2.46. The summed E-state index contributed by atoms with van der Waals surface area (Å²) >= 11 is 12.1. The van der Waals surface area contributed by atoms with Crippen LogP contribution in [-0.2, 0) is 12.8 Å². The van der Waals surface area contributed by atoms with Crippen LogP contribution >= 0.6 is 23.2 Å². The van der Waals surface area contributed by atoms with Crippen LogP contribution in [0.15, 0.2) is 36.5 Å². The molecule has 2 rings (SSSR count). The van der Waals surface area contributed by atoms with Gasteiger partial charge in [-0.3, -0.25) is 4.98 Å². The minimum Gasteiger partial charge on any atom is -0.386 e. The van der Waals surface area contributed by atoms with Gasteiger partial charge in [-0.2, -0.15) is 0 Å². The maximum absolute atomic E-state index is 10.3. The SMILES string of the molecule is CCc1cccnc1C(O)Cc1cccc(Cl)c1Cl. The van der Waals surface area contributed by atoms with Gasteiger partial charge in [-0.05, 0) is 29.7 Å². The van der Waals surface area contributed by atoms with Gasteiger partial charge in [0.05, 0.1) is 15.7 Å². The maximum atomic E-state index is 10.3. The lowest BCUT2D eigenvalue weighted by molar-refractivity contribution is 0.172. The molecule has 1 aromatic carbocycles. The van der Waals surface area contributed by atoms with Crippen molar-refractivity contribution in [3.8, 4) is 0 Å². The van der Waals surface area contributed by atoms with Crippen LogP contribution in [0.3, 0.4) is 0 Å². The molecule has 0 aliphatic carbocycles. The number of rotatable bonds is 4. The third kappa shape index (κ3) is 3.27. The van der Waals surface area contributed by atoms with Crippen molar-refractivity contribution in [3.05, 3.63) is 63.4 Å². The summed E-state index contributed by atoms with van der Waals surface area (Å²) in [7, 11) is 0. The molecular formula is C15H15Cl2NO. The third-order valence-electron chi connectivity index (χ3n) is 3.07. The van der Waals surface area contributed by atoms with Crippen LogP contribution in [0.5, 0.6) is 0 Å². The van der Waals surface area contributed by atoms with Crippen LogP contribution in [0, 0.1) is 0 Å². The van der Waals surface area contributed by atoms with Gasteiger partial charge in [-0.1, -0.05) is 48.3 Å². The van der Waals surface area contributed by atoms with Crippen molar-refractivity contribution in [2.75, 3.05) is 0 Å². The van der Waals surface area contributed by atoms with E-state index in [0.29, 0.717) is 22.2 Å². The molecule has 0 aliphatic heterocycles. The molecule has 0 amide bonds. The zero-order chi connectivity index (χ0) is 13.8. The summed E-state index contributed by atoms with van der Waals surface area (Å²) in [6.07, 6.45) is 2.26. The van der Waals surface area contributed by atoms with Crippen LogP contribution in [0.25, 0.3) is 0 Å². The van der Waals surface area contributed by atoms with Crippen LogP contribution in [0.4, 0.5) is 0 Å². The number of aliphatic hydroxyl groups is 1. The van der Waals surface area contributed by atoms with Gasteiger partial charge >= 0.3 is 0 Å². The molecule has 0 saturated carbocycles. The summed E-state index contributed by atoms with van der Waals surface area (Å²) in [4.78, 5) is 4.27. The Morgan fingerprint density at radius 2 is 1.89 bits per heavy atom. The highest BCUT2D eigenvalue weighted by Gasteiger charge is 2.15. The molecule has 2 nitrogen and oxygen atoms in total. The predicted octanol–water partition coefficient (Wildman–Crippen LogP) is 4.23. The van der Waals surface area contributed by atoms with Gasteiger partial charge in [-0.25, -0.2) is 0 Å². The van der Waals surface area contributed by atoms with Gasteiger partial charge in [0.2, 0.25) is 0 Å². The number of benzene rings is 1. The lowest BCUT2D eigenvalue weighted by atomic mass is 10.0. The maximum Gasteiger partial charge on any atom is 0.100 e. The second-order valence-electron chi connectivity index (χ2n) is 4.33. The molecule has 100 valence electrons. The first kappa shape index (κ1) is 14.3. The summed E-state index contributed by atoms with van der Waals surface area (Å²) in [5, 5.41) is 11.3. The largest absolute Gasteiger partial charge is 0.386 e. The van der Waals surface area contributed by atoms with Crippen molar-refractivity contribution in [2.45, 2.75) is 25.9 Å². The first-order valence-electron chi connectivity index (χ1n) is 6.18. The van der Waals surface area contributed by atoms with Gasteiger partial charge in [0.15, 0.2) is 0 Å². The zero-order valence-corrected chi connectivity index (χ0v) is 12.1. The van der Waals surface area contributed by atoms with Crippen molar-refractivity contribution in [1.82, 2.24) is 4.98 Å². The zero-order valence-electron chi connectivity index (χ0n) is 10.6. The molecule has 0 spiro atoms. The average molecular weight is 296 g/mol. The number of aromatic nitrogens is 1. The number of aliphatic hydroxyl groups excluding tert-OH is 1. The van der Waals surface area contributed by atoms with E-state index in [1.165, 1.54) is 0 Å². The van der Waals surface area contributed by atoms with Crippen molar-refractivity contribution in [2.24, 2.45) is 0 Å². The monoisotopic (exact) mass is 295 g/mol. The number of halogens is 2. The molecule has 0 fully saturated rings. The molecule has 0 aliphatic rings. The number of nitrogens with zero attached hydrogens (tertiary/aromatic N) is 1. The van der Waals surface area contributed by atoms with Gasteiger partial charge < -0.3 is 5.11 Å². The normalized spacial score (nSPS) is 12.4. The van der Waals surface area contributed by atoms with E-state index in [4.69, 9.17) is 23.2 Å². The topological polar surface area (TPSA) is 33.1 Å². The van der Waals surface area contributed by atoms with E-state index in [1.54, 1.807) is 12.3 Å². The second kappa shape index (κ2) is 6.38. The summed E-state index contributed by atoms with van der Waals surface area (Å²) in [6, 6.07) is 9.28. The Morgan fingerprint density at radius 1 is 1.16 bits per heavy atom. The van der Waals surface area contributed by atoms with Gasteiger partial charge in [0.25, 0.3) is 0 Å². The Morgan fingerprint density at radius 3 is 2.63 bits per heavy atom. The fourth-order valence-electron chi connectivity index (χ4n) is 2.06. The van der Waals surface area contributed by atoms with E-state index < -0.39 is 6.10 Å². The Labute approximate surface area is 123 Å². The molecule has 1 atom stereocenters. The molecule has 0 bridgehead atoms. The van der Waals surface area contributed by atoms with Crippen LogP contribution in [0.2, 0.25) is 10.0 Å². The summed E-state index contributed by atoms with van der Waals surface area (Å²) in [6.45, 7) is 2.04. The summed E-state index contributed by atoms with van der Waals surface area (Å²) in [5.41, 5.74) is 2.59. The lowest BCUT2D eigenvalue weighted by Crippen LogP contribution is -2.07. The third-order valence-corrected chi connectivity index (χ3v) is 3.93. The van der Waals surface area contributed by atoms with Crippen LogP contribution in [-0.4, -0.2) is 10.1 Å². The Balaban J connectivity index is 2.26. The number of hydrogen-bond acceptors (Lipinski definition) is 2. The molecule has 0 saturated heterocycles. The van der Waals surface area contributed by atoms with Crippen molar-refractivity contribution >= 4 is 23.2 Å². The average Bonchev–Trinajstić information content (AvgIpc) is 2.43. The number of aryl methyl sites for hydroxylation is 1. The minimum atomic E-state index is -0.674. The van der Waals surface area contributed by atoms with E-state index in [0.717, 1.165) is 17.5 Å². The molecule has 1 unspecified atom stereocenters. The highest BCUT2D eigenvalue weighted by molar-refractivity contribution is 6.42. The minimum absolute atomic E-state index is 0.406. The number of hydrogen-bond donors (Lipinski definition) is 1. The van der Waals surface area contributed by atoms with E-state index >= 15 is 0 Å². The summed E-state index contributed by atoms with van der Waals surface area (Å²) < 4.78 is 0. The van der Waals surface area contributed by atoms with Gasteiger partial charge in [0.1, 0.15) is 6.10 Å². The Kier molecular flexibility index (Phi) is 4.81. The molecule has 1 aromatic heterocycles. The molecule has 1 N–H and O–H groups in total. The van der Waals surface area contributed by atoms with Crippen molar-refractivity contribution in [1.29, 1.82) is 0 Å². The predicted molar refractivity (Wildman–Crippen MR) is 78.7 cm³/mol. The second-order valence-corrected chi connectivity index (χ2v) is 5.12. The molecular weight excluding hydrogens is 281 g/mol. The van der Waals surface area contributed by atoms with Crippen LogP contribution < -0.4 is 0 Å². The molecule has 2 aromatic rings. The molecule has 1 heterocycles. The number of pyridine rings is 1. The van der Waals surface area contributed by atoms with E-state index in [2.05, 4.69) is 4.98 Å². The quantitative estimate of drug-likeness (QED) is 0.916. The highest BCUT2D eigenvalue weighted by atomic mass is 35.5. The van der Waals surface area contributed by atoms with E-state index in [-0.39, 0.29) is 0 Å². The van der Waals surface area contributed by atoms with Crippen molar-refractivity contribution < 1.29 is 5.11 Å². The van der Waals surface area contributed by atoms with E-state index in [9.17, 15) is 5.11 Å². The van der Waals surface area contributed by atoms with E-state index in [1.807, 2.05) is 31.2 Å². The summed E-state index contributed by atoms with van der Waals surface area (Å²) in [5.74, 6) is 0. The first-order chi connectivity index (χ1) is 9.13. The Bertz CT molecular complexity index is 572. The Hall–Kier alpha value is -1.09. The first-order valence-corrected chi connectivity index (χ1v) is 6.93. The standard InChI is InChI=1S/C15H15Cl2NO/c1-2-10-6-4-8-18-15(10)13(19)9-11-5-3-7-12(16)14(11)17/h3-8,13,19H,2,9H2,1H3. The highest BCUT2D eigenvalue weighted by Crippen LogP contribution is 2.29. The van der Waals surface area contributed by atoms with Gasteiger partial charge in [0, 0.05) is 12.6 Å². The smallest absolute Gasteiger partial charge is 0.100 e. The molecule has 4 heteroatoms. The molecule has 0 radical (unpaired) electrons. The van der Waals surface area contributed by atoms with Gasteiger partial charge in [-0.15, -0.1) is 0 Å². The lowest BCUT2D eigenvalue weighted by Gasteiger charge is -2.14.